The number of alkyl halides is 26. The molecule has 0 aliphatic carbocycles. The maximum atomic E-state index is 14.0. The molecule has 0 rings (SSSR count). The average Bonchev–Trinajstić information content (AvgIpc) is 2.96. The van der Waals surface area contributed by atoms with Crippen LogP contribution in [0.1, 0.15) is 51.4 Å². The van der Waals surface area contributed by atoms with Gasteiger partial charge in [0.1, 0.15) is 0 Å². The topological polar surface area (TPSA) is 0 Å². The Hall–Kier alpha value is -1.90. The third-order valence-electron chi connectivity index (χ3n) is 8.78. The van der Waals surface area contributed by atoms with E-state index in [4.69, 9.17) is 0 Å². The van der Waals surface area contributed by atoms with Crippen LogP contribution in [0.3, 0.4) is 0 Å². The Morgan fingerprint density at radius 2 is 0.446 bits per heavy atom. The molecular weight excluding hydrogens is 858 g/mol. The van der Waals surface area contributed by atoms with Crippen LogP contribution in [0.25, 0.3) is 0 Å². The molecule has 2 nitrogen and oxygen atoms in total. The van der Waals surface area contributed by atoms with Crippen LogP contribution in [0.15, 0.2) is 0 Å². The molecule has 0 atom stereocenters. The highest BCUT2D eigenvalue weighted by Crippen LogP contribution is 2.62. The Morgan fingerprint density at radius 1 is 0.250 bits per heavy atom. The lowest BCUT2D eigenvalue weighted by molar-refractivity contribution is -0.891. The largest absolute Gasteiger partial charge is 0.460 e. The number of hydrogen-bond donors (Lipinski definition) is 0. The molecule has 56 heavy (non-hydrogen) atoms. The summed E-state index contributed by atoms with van der Waals surface area (Å²) in [4.78, 5) is 0. The van der Waals surface area contributed by atoms with E-state index in [2.05, 4.69) is 0 Å². The Balaban J connectivity index is 5.13. The van der Waals surface area contributed by atoms with Crippen molar-refractivity contribution in [2.45, 2.75) is 123 Å². The predicted octanol–water partition coefficient (Wildman–Crippen LogP) is 11.7. The SMILES string of the molecule is C[N+](C)(CCCCCC[N+](C)(C)CCCC(F)(F)C(F)(F)C(F)(F)C(F)(F)C(F)(F)C(F)(F)F)CCCC(F)(F)C(F)(F)C(F)(F)C(F)(F)C(F)(F)C(F)(F)F. The average molecular weight is 895 g/mol. The van der Waals surface area contributed by atoms with E-state index in [1.54, 1.807) is 0 Å². The first-order valence-corrected chi connectivity index (χ1v) is 15.7. The minimum atomic E-state index is -8.01. The lowest BCUT2D eigenvalue weighted by Crippen LogP contribution is -2.70. The fourth-order valence-corrected chi connectivity index (χ4v) is 5.03. The van der Waals surface area contributed by atoms with Crippen LogP contribution in [0.4, 0.5) is 114 Å². The maximum absolute atomic E-state index is 14.0. The van der Waals surface area contributed by atoms with Crippen LogP contribution in [0.2, 0.25) is 0 Å². The Labute approximate surface area is 301 Å². The van der Waals surface area contributed by atoms with Crippen molar-refractivity contribution in [3.05, 3.63) is 0 Å². The van der Waals surface area contributed by atoms with Gasteiger partial charge in [-0.3, -0.25) is 0 Å². The molecule has 0 bridgehead atoms. The molecule has 0 fully saturated rings. The lowest BCUT2D eigenvalue weighted by Gasteiger charge is -2.40. The molecule has 0 saturated heterocycles. The smallest absolute Gasteiger partial charge is 0.328 e. The summed E-state index contributed by atoms with van der Waals surface area (Å²) in [6.45, 7) is -1.19. The Bertz CT molecular complexity index is 1170. The van der Waals surface area contributed by atoms with Crippen molar-refractivity contribution < 1.29 is 123 Å². The third-order valence-corrected chi connectivity index (χ3v) is 8.78. The maximum Gasteiger partial charge on any atom is 0.460 e. The van der Waals surface area contributed by atoms with Crippen molar-refractivity contribution in [2.24, 2.45) is 0 Å². The minimum Gasteiger partial charge on any atom is -0.328 e. The van der Waals surface area contributed by atoms with Gasteiger partial charge in [-0.25, -0.2) is 0 Å². The van der Waals surface area contributed by atoms with Crippen molar-refractivity contribution in [3.63, 3.8) is 0 Å². The summed E-state index contributed by atoms with van der Waals surface area (Å²) in [5.41, 5.74) is 0. The van der Waals surface area contributed by atoms with Crippen molar-refractivity contribution in [1.82, 2.24) is 0 Å². The first kappa shape index (κ1) is 54.1. The summed E-state index contributed by atoms with van der Waals surface area (Å²) in [6, 6.07) is 0. The molecule has 0 unspecified atom stereocenters. The molecule has 0 aromatic rings. The molecule has 0 aromatic heterocycles. The van der Waals surface area contributed by atoms with Crippen LogP contribution >= 0.6 is 0 Å². The fraction of sp³-hybridized carbons (Fsp3) is 1.00. The Kier molecular flexibility index (Phi) is 15.7. The summed E-state index contributed by atoms with van der Waals surface area (Å²) in [6.07, 6.45) is -21.4. The number of halogens is 26. The van der Waals surface area contributed by atoms with Gasteiger partial charge in [0, 0.05) is 25.7 Å². The highest BCUT2D eigenvalue weighted by Gasteiger charge is 2.92. The van der Waals surface area contributed by atoms with Crippen molar-refractivity contribution >= 4 is 0 Å². The van der Waals surface area contributed by atoms with Gasteiger partial charge < -0.3 is 8.97 Å². The molecule has 0 aliphatic rings. The van der Waals surface area contributed by atoms with E-state index >= 15 is 0 Å². The number of quaternary nitrogens is 2. The first-order valence-electron chi connectivity index (χ1n) is 15.7. The molecule has 338 valence electrons. The standard InChI is InChI=1S/C28H36F26N2/c1-55(2,15-9-11-17(29,30)19(33,34)21(37,38)23(41,42)25(45,46)27(49,50)51)13-7-5-6-8-14-56(3,4)16-10-12-18(31,32)20(35,36)22(39,40)24(43,44)26(47,48)28(52,53)54/h5-16H2,1-4H3/q+2. The number of nitrogens with zero attached hydrogens (tertiary/aromatic N) is 2. The Morgan fingerprint density at radius 3 is 0.661 bits per heavy atom. The minimum absolute atomic E-state index is 0.00583. The van der Waals surface area contributed by atoms with Crippen LogP contribution in [0, 0.1) is 0 Å². The molecule has 28 heteroatoms. The molecule has 0 spiro atoms. The molecular formula is C28H36F26N2+2. The normalized spacial score (nSPS) is 16.2. The van der Waals surface area contributed by atoms with Gasteiger partial charge in [0.25, 0.3) is 0 Å². The van der Waals surface area contributed by atoms with E-state index in [-0.39, 0.29) is 47.7 Å². The lowest BCUT2D eigenvalue weighted by atomic mass is 9.92. The first-order chi connectivity index (χ1) is 24.1. The number of rotatable bonds is 23. The van der Waals surface area contributed by atoms with Gasteiger partial charge in [0.05, 0.1) is 54.4 Å². The van der Waals surface area contributed by atoms with Crippen LogP contribution < -0.4 is 0 Å². The van der Waals surface area contributed by atoms with E-state index in [0.717, 1.165) is 0 Å². The second-order valence-corrected chi connectivity index (χ2v) is 14.4. The van der Waals surface area contributed by atoms with E-state index in [9.17, 15) is 114 Å². The fourth-order valence-electron chi connectivity index (χ4n) is 5.03. The molecule has 0 radical (unpaired) electrons. The van der Waals surface area contributed by atoms with Crippen LogP contribution in [-0.4, -0.2) is 135 Å². The second kappa shape index (κ2) is 16.3. The van der Waals surface area contributed by atoms with Crippen molar-refractivity contribution in [1.29, 1.82) is 0 Å². The van der Waals surface area contributed by atoms with Crippen molar-refractivity contribution in [3.8, 4) is 0 Å². The van der Waals surface area contributed by atoms with Gasteiger partial charge in [0.15, 0.2) is 0 Å². The summed E-state index contributed by atoms with van der Waals surface area (Å²) >= 11 is 0. The van der Waals surface area contributed by atoms with Gasteiger partial charge in [-0.15, -0.1) is 0 Å². The quantitative estimate of drug-likeness (QED) is 0.0545. The third kappa shape index (κ3) is 10.3. The zero-order valence-electron chi connectivity index (χ0n) is 29.2. The highest BCUT2D eigenvalue weighted by molar-refractivity contribution is 5.11. The van der Waals surface area contributed by atoms with Gasteiger partial charge in [-0.2, -0.15) is 114 Å². The van der Waals surface area contributed by atoms with E-state index in [1.165, 1.54) is 28.2 Å². The second-order valence-electron chi connectivity index (χ2n) is 14.4. The molecule has 0 N–H and O–H groups in total. The van der Waals surface area contributed by atoms with Crippen LogP contribution in [-0.2, 0) is 0 Å². The van der Waals surface area contributed by atoms with E-state index in [0.29, 0.717) is 0 Å². The van der Waals surface area contributed by atoms with Gasteiger partial charge in [-0.05, 0) is 25.7 Å². The molecule has 0 heterocycles. The number of hydrogen-bond acceptors (Lipinski definition) is 0. The zero-order chi connectivity index (χ0) is 45.5. The van der Waals surface area contributed by atoms with E-state index < -0.39 is 110 Å². The van der Waals surface area contributed by atoms with E-state index in [1.807, 2.05) is 0 Å². The highest BCUT2D eigenvalue weighted by atomic mass is 19.4. The monoisotopic (exact) mass is 894 g/mol. The van der Waals surface area contributed by atoms with Gasteiger partial charge in [-0.1, -0.05) is 0 Å². The predicted molar refractivity (Wildman–Crippen MR) is 142 cm³/mol. The van der Waals surface area contributed by atoms with Gasteiger partial charge in [0.2, 0.25) is 0 Å². The van der Waals surface area contributed by atoms with Crippen LogP contribution in [0.5, 0.6) is 0 Å². The summed E-state index contributed by atoms with van der Waals surface area (Å²) in [7, 11) is 5.06. The van der Waals surface area contributed by atoms with Gasteiger partial charge >= 0.3 is 71.6 Å². The number of unbranched alkanes of at least 4 members (excludes halogenated alkanes) is 3. The molecule has 0 saturated carbocycles. The summed E-state index contributed by atoms with van der Waals surface area (Å²) in [5.74, 6) is -74.8. The molecule has 0 aromatic carbocycles. The zero-order valence-corrected chi connectivity index (χ0v) is 29.2. The summed E-state index contributed by atoms with van der Waals surface area (Å²) < 4.78 is 344. The summed E-state index contributed by atoms with van der Waals surface area (Å²) in [5, 5.41) is 0. The molecule has 0 aliphatic heterocycles. The molecule has 0 amide bonds. The van der Waals surface area contributed by atoms with Crippen molar-refractivity contribution in [2.75, 3.05) is 54.4 Å².